The van der Waals surface area contributed by atoms with Crippen LogP contribution in [0.15, 0.2) is 36.4 Å². The first-order chi connectivity index (χ1) is 9.00. The monoisotopic (exact) mass is 301 g/mol. The smallest absolute Gasteiger partial charge is 0.258 e. The second-order valence-corrected chi connectivity index (χ2v) is 4.44. The SMILES string of the molecule is O=C(Nc1cccc(Cl)c1Cl)c1cccc(F)c1F. The Labute approximate surface area is 118 Å². The number of benzene rings is 2. The van der Waals surface area contributed by atoms with Gasteiger partial charge in [0.2, 0.25) is 0 Å². The highest BCUT2D eigenvalue weighted by Gasteiger charge is 2.16. The second-order valence-electron chi connectivity index (χ2n) is 3.66. The van der Waals surface area contributed by atoms with Gasteiger partial charge in [0.25, 0.3) is 5.91 Å². The number of nitrogens with one attached hydrogen (secondary N) is 1. The predicted octanol–water partition coefficient (Wildman–Crippen LogP) is 4.52. The first kappa shape index (κ1) is 13.8. The Hall–Kier alpha value is -1.65. The van der Waals surface area contributed by atoms with Gasteiger partial charge in [-0.3, -0.25) is 4.79 Å². The fraction of sp³-hybridized carbons (Fsp3) is 0. The van der Waals surface area contributed by atoms with Crippen LogP contribution in [0.3, 0.4) is 0 Å². The number of hydrogen-bond acceptors (Lipinski definition) is 1. The Kier molecular flexibility index (Phi) is 4.02. The lowest BCUT2D eigenvalue weighted by molar-refractivity contribution is 0.102. The van der Waals surface area contributed by atoms with Gasteiger partial charge in [-0.1, -0.05) is 35.3 Å². The van der Waals surface area contributed by atoms with Crippen LogP contribution >= 0.6 is 23.2 Å². The highest BCUT2D eigenvalue weighted by molar-refractivity contribution is 6.44. The highest BCUT2D eigenvalue weighted by Crippen LogP contribution is 2.30. The summed E-state index contributed by atoms with van der Waals surface area (Å²) in [5.74, 6) is -3.11. The van der Waals surface area contributed by atoms with E-state index in [-0.39, 0.29) is 15.7 Å². The lowest BCUT2D eigenvalue weighted by atomic mass is 10.2. The molecule has 19 heavy (non-hydrogen) atoms. The average Bonchev–Trinajstić information content (AvgIpc) is 2.38. The van der Waals surface area contributed by atoms with Gasteiger partial charge in [0.1, 0.15) is 0 Å². The van der Waals surface area contributed by atoms with E-state index in [1.165, 1.54) is 18.2 Å². The van der Waals surface area contributed by atoms with Gasteiger partial charge in [-0.05, 0) is 24.3 Å². The van der Waals surface area contributed by atoms with Gasteiger partial charge in [-0.25, -0.2) is 8.78 Å². The zero-order valence-corrected chi connectivity index (χ0v) is 10.9. The number of anilines is 1. The molecule has 98 valence electrons. The standard InChI is InChI=1S/C13H7Cl2F2NO/c14-8-4-2-6-10(11(8)15)18-13(19)7-3-1-5-9(16)12(7)17/h1-6H,(H,18,19). The van der Waals surface area contributed by atoms with Gasteiger partial charge < -0.3 is 5.32 Å². The van der Waals surface area contributed by atoms with E-state index in [2.05, 4.69) is 5.32 Å². The molecule has 0 aliphatic carbocycles. The molecule has 6 heteroatoms. The molecular formula is C13H7Cl2F2NO. The number of amides is 1. The summed E-state index contributed by atoms with van der Waals surface area (Å²) >= 11 is 11.7. The molecule has 0 fully saturated rings. The topological polar surface area (TPSA) is 29.1 Å². The maximum absolute atomic E-state index is 13.4. The quantitative estimate of drug-likeness (QED) is 0.868. The van der Waals surface area contributed by atoms with Crippen LogP contribution in [0.5, 0.6) is 0 Å². The van der Waals surface area contributed by atoms with Crippen molar-refractivity contribution in [2.24, 2.45) is 0 Å². The van der Waals surface area contributed by atoms with E-state index in [0.717, 1.165) is 6.07 Å². The molecule has 1 amide bonds. The van der Waals surface area contributed by atoms with Crippen molar-refractivity contribution in [3.63, 3.8) is 0 Å². The lowest BCUT2D eigenvalue weighted by Crippen LogP contribution is -2.14. The van der Waals surface area contributed by atoms with Crippen LogP contribution in [0.1, 0.15) is 10.4 Å². The second kappa shape index (κ2) is 5.55. The van der Waals surface area contributed by atoms with Crippen molar-refractivity contribution >= 4 is 34.8 Å². The van der Waals surface area contributed by atoms with Crippen LogP contribution in [-0.4, -0.2) is 5.91 Å². The third-order valence-corrected chi connectivity index (χ3v) is 3.21. The Bertz CT molecular complexity index is 647. The molecule has 0 unspecified atom stereocenters. The number of rotatable bonds is 2. The molecule has 0 bridgehead atoms. The number of carbonyl (C=O) groups is 1. The summed E-state index contributed by atoms with van der Waals surface area (Å²) in [6.45, 7) is 0. The first-order valence-corrected chi connectivity index (χ1v) is 5.95. The molecule has 0 atom stereocenters. The Morgan fingerprint density at radius 2 is 1.74 bits per heavy atom. The minimum Gasteiger partial charge on any atom is -0.320 e. The van der Waals surface area contributed by atoms with Crippen LogP contribution in [0.25, 0.3) is 0 Å². The molecular weight excluding hydrogens is 295 g/mol. The van der Waals surface area contributed by atoms with Gasteiger partial charge >= 0.3 is 0 Å². The van der Waals surface area contributed by atoms with E-state index in [9.17, 15) is 13.6 Å². The summed E-state index contributed by atoms with van der Waals surface area (Å²) < 4.78 is 26.5. The normalized spacial score (nSPS) is 10.3. The summed E-state index contributed by atoms with van der Waals surface area (Å²) in [5, 5.41) is 2.76. The summed E-state index contributed by atoms with van der Waals surface area (Å²) in [7, 11) is 0. The number of hydrogen-bond donors (Lipinski definition) is 1. The van der Waals surface area contributed by atoms with E-state index in [4.69, 9.17) is 23.2 Å². The van der Waals surface area contributed by atoms with Crippen molar-refractivity contribution in [3.8, 4) is 0 Å². The molecule has 0 spiro atoms. The summed E-state index contributed by atoms with van der Waals surface area (Å²) in [6.07, 6.45) is 0. The largest absolute Gasteiger partial charge is 0.320 e. The van der Waals surface area contributed by atoms with Crippen LogP contribution in [0, 0.1) is 11.6 Å². The predicted molar refractivity (Wildman–Crippen MR) is 70.8 cm³/mol. The Balaban J connectivity index is 2.31. The van der Waals surface area contributed by atoms with Crippen LogP contribution < -0.4 is 5.32 Å². The highest BCUT2D eigenvalue weighted by atomic mass is 35.5. The summed E-state index contributed by atoms with van der Waals surface area (Å²) in [6, 6.07) is 7.97. The number of halogens is 4. The van der Waals surface area contributed by atoms with Crippen molar-refractivity contribution in [2.45, 2.75) is 0 Å². The minimum atomic E-state index is -1.21. The number of carbonyl (C=O) groups excluding carboxylic acids is 1. The van der Waals surface area contributed by atoms with E-state index in [1.54, 1.807) is 12.1 Å². The van der Waals surface area contributed by atoms with E-state index < -0.39 is 23.1 Å². The molecule has 2 aromatic rings. The fourth-order valence-corrected chi connectivity index (χ4v) is 1.82. The van der Waals surface area contributed by atoms with Crippen LogP contribution in [0.4, 0.5) is 14.5 Å². The fourth-order valence-electron chi connectivity index (χ4n) is 1.47. The summed E-state index contributed by atoms with van der Waals surface area (Å²) in [4.78, 5) is 11.8. The molecule has 2 rings (SSSR count). The van der Waals surface area contributed by atoms with Gasteiger partial charge in [-0.15, -0.1) is 0 Å². The van der Waals surface area contributed by atoms with Gasteiger partial charge in [0.05, 0.1) is 21.3 Å². The Morgan fingerprint density at radius 1 is 1.05 bits per heavy atom. The minimum absolute atomic E-state index is 0.134. The molecule has 0 saturated heterocycles. The maximum atomic E-state index is 13.4. The third kappa shape index (κ3) is 2.85. The molecule has 0 aromatic heterocycles. The van der Waals surface area contributed by atoms with E-state index in [0.29, 0.717) is 0 Å². The maximum Gasteiger partial charge on any atom is 0.258 e. The van der Waals surface area contributed by atoms with Crippen molar-refractivity contribution in [2.75, 3.05) is 5.32 Å². The van der Waals surface area contributed by atoms with Crippen molar-refractivity contribution in [1.29, 1.82) is 0 Å². The molecule has 0 saturated carbocycles. The van der Waals surface area contributed by atoms with E-state index >= 15 is 0 Å². The molecule has 2 nitrogen and oxygen atoms in total. The molecule has 0 aliphatic heterocycles. The van der Waals surface area contributed by atoms with Crippen LogP contribution in [-0.2, 0) is 0 Å². The molecule has 1 N–H and O–H groups in total. The van der Waals surface area contributed by atoms with Crippen LogP contribution in [0.2, 0.25) is 10.0 Å². The molecule has 0 heterocycles. The zero-order chi connectivity index (χ0) is 14.0. The van der Waals surface area contributed by atoms with E-state index in [1.807, 2.05) is 0 Å². The van der Waals surface area contributed by atoms with Crippen molar-refractivity contribution in [1.82, 2.24) is 0 Å². The Morgan fingerprint density at radius 3 is 2.47 bits per heavy atom. The molecule has 0 radical (unpaired) electrons. The summed E-state index contributed by atoms with van der Waals surface area (Å²) in [5.41, 5.74) is -0.182. The van der Waals surface area contributed by atoms with Crippen molar-refractivity contribution < 1.29 is 13.6 Å². The molecule has 2 aromatic carbocycles. The zero-order valence-electron chi connectivity index (χ0n) is 9.38. The third-order valence-electron chi connectivity index (χ3n) is 2.40. The first-order valence-electron chi connectivity index (χ1n) is 5.20. The van der Waals surface area contributed by atoms with Gasteiger partial charge in [-0.2, -0.15) is 0 Å². The average molecular weight is 302 g/mol. The van der Waals surface area contributed by atoms with Gasteiger partial charge in [0.15, 0.2) is 11.6 Å². The van der Waals surface area contributed by atoms with Crippen molar-refractivity contribution in [3.05, 3.63) is 63.6 Å². The molecule has 0 aliphatic rings. The van der Waals surface area contributed by atoms with Gasteiger partial charge in [0, 0.05) is 0 Å². The lowest BCUT2D eigenvalue weighted by Gasteiger charge is -2.08.